The van der Waals surface area contributed by atoms with Crippen molar-refractivity contribution in [3.63, 3.8) is 0 Å². The summed E-state index contributed by atoms with van der Waals surface area (Å²) in [5.74, 6) is 2.69. The van der Waals surface area contributed by atoms with Crippen molar-refractivity contribution in [1.82, 2.24) is 14.8 Å². The lowest BCUT2D eigenvalue weighted by molar-refractivity contribution is -0.132. The smallest absolute Gasteiger partial charge is 0.237 e. The highest BCUT2D eigenvalue weighted by Crippen LogP contribution is 2.32. The van der Waals surface area contributed by atoms with Crippen LogP contribution < -0.4 is 14.4 Å². The van der Waals surface area contributed by atoms with Crippen molar-refractivity contribution in [1.29, 1.82) is 0 Å². The van der Waals surface area contributed by atoms with Gasteiger partial charge in [0.25, 0.3) is 0 Å². The molecule has 2 aliphatic heterocycles. The molecule has 1 aromatic carbocycles. The molecule has 0 unspecified atom stereocenters. The minimum atomic E-state index is 0.159. The van der Waals surface area contributed by atoms with Gasteiger partial charge < -0.3 is 19.3 Å². The van der Waals surface area contributed by atoms with Crippen LogP contribution in [0, 0.1) is 0 Å². The van der Waals surface area contributed by atoms with Crippen LogP contribution in [0.25, 0.3) is 0 Å². The zero-order chi connectivity index (χ0) is 19.3. The van der Waals surface area contributed by atoms with E-state index in [0.29, 0.717) is 19.6 Å². The summed E-state index contributed by atoms with van der Waals surface area (Å²) >= 11 is 0. The van der Waals surface area contributed by atoms with Crippen LogP contribution in [0.1, 0.15) is 12.5 Å². The summed E-state index contributed by atoms with van der Waals surface area (Å²) in [6, 6.07) is 11.8. The number of aromatic nitrogens is 1. The van der Waals surface area contributed by atoms with E-state index < -0.39 is 0 Å². The maximum atomic E-state index is 12.8. The SMILES string of the molecule is CCN(Cc1ccc2c(c1)OCO2)C(=O)CN1CCN(c2ccccn2)CC1. The number of pyridine rings is 1. The van der Waals surface area contributed by atoms with Crippen molar-refractivity contribution in [2.45, 2.75) is 13.5 Å². The van der Waals surface area contributed by atoms with Gasteiger partial charge in [-0.2, -0.15) is 0 Å². The lowest BCUT2D eigenvalue weighted by Crippen LogP contribution is -2.50. The third-order valence-corrected chi connectivity index (χ3v) is 5.25. The quantitative estimate of drug-likeness (QED) is 0.762. The number of carbonyl (C=O) groups excluding carboxylic acids is 1. The summed E-state index contributed by atoms with van der Waals surface area (Å²) in [6.45, 7) is 7.50. The normalized spacial score (nSPS) is 16.2. The molecule has 1 amide bonds. The van der Waals surface area contributed by atoms with E-state index in [1.54, 1.807) is 0 Å². The third-order valence-electron chi connectivity index (χ3n) is 5.25. The standard InChI is InChI=1S/C21H26N4O3/c1-2-24(14-17-6-7-18-19(13-17)28-16-27-18)21(26)15-23-9-11-25(12-10-23)20-5-3-4-8-22-20/h3-8,13H,2,9-12,14-16H2,1H3. The molecule has 148 valence electrons. The maximum Gasteiger partial charge on any atom is 0.237 e. The molecule has 2 aromatic rings. The molecule has 28 heavy (non-hydrogen) atoms. The van der Waals surface area contributed by atoms with Crippen LogP contribution in [0.5, 0.6) is 11.5 Å². The molecule has 7 nitrogen and oxygen atoms in total. The van der Waals surface area contributed by atoms with Crippen molar-refractivity contribution in [3.05, 3.63) is 48.2 Å². The molecule has 2 aliphatic rings. The minimum Gasteiger partial charge on any atom is -0.454 e. The summed E-state index contributed by atoms with van der Waals surface area (Å²) in [5, 5.41) is 0. The van der Waals surface area contributed by atoms with Crippen molar-refractivity contribution in [2.75, 3.05) is 51.0 Å². The number of amides is 1. The zero-order valence-electron chi connectivity index (χ0n) is 16.2. The van der Waals surface area contributed by atoms with Gasteiger partial charge in [-0.25, -0.2) is 4.98 Å². The Morgan fingerprint density at radius 2 is 1.93 bits per heavy atom. The number of benzene rings is 1. The molecule has 1 aromatic heterocycles. The number of nitrogens with zero attached hydrogens (tertiary/aromatic N) is 4. The average molecular weight is 382 g/mol. The van der Waals surface area contributed by atoms with Crippen molar-refractivity contribution < 1.29 is 14.3 Å². The number of likely N-dealkylation sites (N-methyl/N-ethyl adjacent to an activating group) is 1. The van der Waals surface area contributed by atoms with E-state index in [4.69, 9.17) is 9.47 Å². The number of rotatable bonds is 6. The third kappa shape index (κ3) is 4.20. The number of carbonyl (C=O) groups is 1. The molecule has 0 spiro atoms. The van der Waals surface area contributed by atoms with Crippen LogP contribution >= 0.6 is 0 Å². The van der Waals surface area contributed by atoms with E-state index in [-0.39, 0.29) is 12.7 Å². The van der Waals surface area contributed by atoms with Gasteiger partial charge in [0.15, 0.2) is 11.5 Å². The van der Waals surface area contributed by atoms with Gasteiger partial charge >= 0.3 is 0 Å². The molecule has 0 N–H and O–H groups in total. The molecule has 0 aliphatic carbocycles. The topological polar surface area (TPSA) is 58.1 Å². The summed E-state index contributed by atoms with van der Waals surface area (Å²) in [4.78, 5) is 23.6. The predicted octanol–water partition coefficient (Wildman–Crippen LogP) is 1.98. The first-order valence-electron chi connectivity index (χ1n) is 9.77. The van der Waals surface area contributed by atoms with E-state index in [1.807, 2.05) is 54.4 Å². The van der Waals surface area contributed by atoms with E-state index in [1.165, 1.54) is 0 Å². The van der Waals surface area contributed by atoms with Crippen LogP contribution in [-0.2, 0) is 11.3 Å². The van der Waals surface area contributed by atoms with Crippen LogP contribution in [0.3, 0.4) is 0 Å². The second-order valence-corrected chi connectivity index (χ2v) is 7.05. The molecular formula is C21H26N4O3. The van der Waals surface area contributed by atoms with E-state index in [0.717, 1.165) is 49.1 Å². The Labute approximate surface area is 165 Å². The van der Waals surface area contributed by atoms with E-state index >= 15 is 0 Å². The Morgan fingerprint density at radius 1 is 1.11 bits per heavy atom. The van der Waals surface area contributed by atoms with Gasteiger partial charge in [-0.3, -0.25) is 9.69 Å². The molecule has 0 bridgehead atoms. The Kier molecular flexibility index (Phi) is 5.62. The van der Waals surface area contributed by atoms with Gasteiger partial charge in [0.1, 0.15) is 5.82 Å². The zero-order valence-corrected chi connectivity index (χ0v) is 16.2. The molecule has 0 radical (unpaired) electrons. The molecule has 7 heteroatoms. The van der Waals surface area contributed by atoms with Gasteiger partial charge in [-0.15, -0.1) is 0 Å². The molecule has 0 saturated carbocycles. The largest absolute Gasteiger partial charge is 0.454 e. The predicted molar refractivity (Wildman–Crippen MR) is 107 cm³/mol. The Balaban J connectivity index is 1.30. The van der Waals surface area contributed by atoms with Crippen molar-refractivity contribution in [3.8, 4) is 11.5 Å². The fourth-order valence-electron chi connectivity index (χ4n) is 3.60. The molecule has 4 rings (SSSR count). The Bertz CT molecular complexity index is 807. The number of fused-ring (bicyclic) bond motifs is 1. The fraction of sp³-hybridized carbons (Fsp3) is 0.429. The second kappa shape index (κ2) is 8.48. The number of hydrogen-bond donors (Lipinski definition) is 0. The summed E-state index contributed by atoms with van der Waals surface area (Å²) in [6.07, 6.45) is 1.82. The van der Waals surface area contributed by atoms with Crippen LogP contribution in [-0.4, -0.2) is 66.8 Å². The van der Waals surface area contributed by atoms with Crippen LogP contribution in [0.15, 0.2) is 42.6 Å². The Hall–Kier alpha value is -2.80. The highest BCUT2D eigenvalue weighted by molar-refractivity contribution is 5.78. The molecule has 1 saturated heterocycles. The van der Waals surface area contributed by atoms with E-state index in [2.05, 4.69) is 14.8 Å². The first kappa shape index (κ1) is 18.6. The average Bonchev–Trinajstić information content (AvgIpc) is 3.21. The first-order valence-corrected chi connectivity index (χ1v) is 9.77. The van der Waals surface area contributed by atoms with Gasteiger partial charge in [-0.1, -0.05) is 12.1 Å². The van der Waals surface area contributed by atoms with E-state index in [9.17, 15) is 4.79 Å². The van der Waals surface area contributed by atoms with Gasteiger partial charge in [0.05, 0.1) is 6.54 Å². The van der Waals surface area contributed by atoms with Crippen molar-refractivity contribution >= 4 is 11.7 Å². The highest BCUT2D eigenvalue weighted by atomic mass is 16.7. The monoisotopic (exact) mass is 382 g/mol. The molecule has 3 heterocycles. The lowest BCUT2D eigenvalue weighted by atomic mass is 10.2. The molecule has 0 atom stereocenters. The molecular weight excluding hydrogens is 356 g/mol. The van der Waals surface area contributed by atoms with Gasteiger partial charge in [0, 0.05) is 45.5 Å². The van der Waals surface area contributed by atoms with Crippen molar-refractivity contribution in [2.24, 2.45) is 0 Å². The number of hydrogen-bond acceptors (Lipinski definition) is 6. The summed E-state index contributed by atoms with van der Waals surface area (Å²) in [5.41, 5.74) is 1.06. The second-order valence-electron chi connectivity index (χ2n) is 7.05. The Morgan fingerprint density at radius 3 is 2.68 bits per heavy atom. The van der Waals surface area contributed by atoms with Crippen LogP contribution in [0.4, 0.5) is 5.82 Å². The number of anilines is 1. The van der Waals surface area contributed by atoms with Gasteiger partial charge in [0.2, 0.25) is 12.7 Å². The molecule has 1 fully saturated rings. The fourth-order valence-corrected chi connectivity index (χ4v) is 3.60. The lowest BCUT2D eigenvalue weighted by Gasteiger charge is -2.36. The van der Waals surface area contributed by atoms with Gasteiger partial charge in [-0.05, 0) is 36.8 Å². The number of piperazine rings is 1. The van der Waals surface area contributed by atoms with Crippen LogP contribution in [0.2, 0.25) is 0 Å². The first-order chi connectivity index (χ1) is 13.7. The minimum absolute atomic E-state index is 0.159. The summed E-state index contributed by atoms with van der Waals surface area (Å²) in [7, 11) is 0. The highest BCUT2D eigenvalue weighted by Gasteiger charge is 2.22. The maximum absolute atomic E-state index is 12.8. The summed E-state index contributed by atoms with van der Waals surface area (Å²) < 4.78 is 10.8. The number of ether oxygens (including phenoxy) is 2.